The highest BCUT2D eigenvalue weighted by molar-refractivity contribution is 5.44. The fourth-order valence-corrected chi connectivity index (χ4v) is 1.04. The van der Waals surface area contributed by atoms with E-state index in [1.54, 1.807) is 19.9 Å². The first-order valence-corrected chi connectivity index (χ1v) is 3.61. The molecule has 13 heavy (non-hydrogen) atoms. The van der Waals surface area contributed by atoms with Gasteiger partial charge in [0.1, 0.15) is 11.6 Å². The third-order valence-electron chi connectivity index (χ3n) is 2.05. The lowest BCUT2D eigenvalue weighted by molar-refractivity contribution is 0.424. The second-order valence-corrected chi connectivity index (χ2v) is 2.74. The average molecular weight is 179 g/mol. The summed E-state index contributed by atoms with van der Waals surface area (Å²) in [7, 11) is 0. The molecule has 0 fully saturated rings. The van der Waals surface area contributed by atoms with Gasteiger partial charge in [0.15, 0.2) is 0 Å². The van der Waals surface area contributed by atoms with Gasteiger partial charge < -0.3 is 10.9 Å². The number of nitrogens with two attached hydrogens (primary N) is 1. The molecular formula is C8H9N3O2. The van der Waals surface area contributed by atoms with Crippen LogP contribution in [-0.4, -0.2) is 9.78 Å². The Labute approximate surface area is 74.6 Å². The summed E-state index contributed by atoms with van der Waals surface area (Å²) in [6.07, 6.45) is 0. The molecule has 1 rings (SSSR count). The van der Waals surface area contributed by atoms with Crippen LogP contribution in [0.5, 0.6) is 5.88 Å². The average Bonchev–Trinajstić information content (AvgIpc) is 2.13. The maximum atomic E-state index is 11.2. The number of hydrogen-bond acceptors (Lipinski definition) is 4. The van der Waals surface area contributed by atoms with Crippen LogP contribution in [0, 0.1) is 25.2 Å². The quantitative estimate of drug-likeness (QED) is 0.537. The van der Waals surface area contributed by atoms with Crippen LogP contribution in [0.25, 0.3) is 0 Å². The van der Waals surface area contributed by atoms with Gasteiger partial charge in [-0.1, -0.05) is 0 Å². The van der Waals surface area contributed by atoms with E-state index in [0.29, 0.717) is 15.8 Å². The van der Waals surface area contributed by atoms with E-state index in [1.807, 2.05) is 0 Å². The normalized spacial score (nSPS) is 9.62. The van der Waals surface area contributed by atoms with Crippen LogP contribution >= 0.6 is 0 Å². The van der Waals surface area contributed by atoms with Crippen LogP contribution in [0.2, 0.25) is 0 Å². The molecule has 0 radical (unpaired) electrons. The first-order chi connectivity index (χ1) is 6.00. The van der Waals surface area contributed by atoms with Gasteiger partial charge in [0.25, 0.3) is 5.56 Å². The molecule has 0 aliphatic rings. The standard InChI is InChI=1S/C8H9N3O2/c1-4-5(2)7(12)11(10)8(13)6(4)3-9/h12H,10H2,1-2H3. The summed E-state index contributed by atoms with van der Waals surface area (Å²) in [5.74, 6) is 4.93. The number of rotatable bonds is 0. The molecule has 0 amide bonds. The van der Waals surface area contributed by atoms with Crippen molar-refractivity contribution in [3.63, 3.8) is 0 Å². The number of nitrogen functional groups attached to an aromatic ring is 1. The van der Waals surface area contributed by atoms with Gasteiger partial charge in [-0.3, -0.25) is 4.79 Å². The number of hydrogen-bond donors (Lipinski definition) is 2. The summed E-state index contributed by atoms with van der Waals surface area (Å²) >= 11 is 0. The monoisotopic (exact) mass is 179 g/mol. The molecule has 0 aromatic carbocycles. The lowest BCUT2D eigenvalue weighted by Gasteiger charge is -2.08. The van der Waals surface area contributed by atoms with Crippen molar-refractivity contribution in [3.05, 3.63) is 27.0 Å². The van der Waals surface area contributed by atoms with E-state index in [9.17, 15) is 9.90 Å². The zero-order valence-corrected chi connectivity index (χ0v) is 7.33. The van der Waals surface area contributed by atoms with E-state index in [-0.39, 0.29) is 11.4 Å². The molecule has 0 atom stereocenters. The van der Waals surface area contributed by atoms with Crippen LogP contribution in [0.1, 0.15) is 16.7 Å². The molecule has 0 aliphatic heterocycles. The summed E-state index contributed by atoms with van der Waals surface area (Å²) in [4.78, 5) is 11.2. The van der Waals surface area contributed by atoms with E-state index in [2.05, 4.69) is 0 Å². The van der Waals surface area contributed by atoms with Crippen molar-refractivity contribution in [3.8, 4) is 11.9 Å². The molecule has 1 aromatic rings. The summed E-state index contributed by atoms with van der Waals surface area (Å²) in [6, 6.07) is 1.75. The number of aromatic nitrogens is 1. The van der Waals surface area contributed by atoms with Gasteiger partial charge in [0.2, 0.25) is 5.88 Å². The molecule has 0 unspecified atom stereocenters. The van der Waals surface area contributed by atoms with Crippen molar-refractivity contribution in [2.45, 2.75) is 13.8 Å². The molecule has 0 aliphatic carbocycles. The second-order valence-electron chi connectivity index (χ2n) is 2.74. The maximum Gasteiger partial charge on any atom is 0.289 e. The molecule has 3 N–H and O–H groups in total. The van der Waals surface area contributed by atoms with Crippen LogP contribution in [-0.2, 0) is 0 Å². The Morgan fingerprint density at radius 2 is 2.00 bits per heavy atom. The van der Waals surface area contributed by atoms with Crippen molar-refractivity contribution in [2.75, 3.05) is 5.84 Å². The zero-order chi connectivity index (χ0) is 10.2. The van der Waals surface area contributed by atoms with E-state index in [4.69, 9.17) is 11.1 Å². The first kappa shape index (κ1) is 9.13. The Bertz CT molecular complexity index is 454. The Morgan fingerprint density at radius 1 is 1.46 bits per heavy atom. The zero-order valence-electron chi connectivity index (χ0n) is 7.33. The highest BCUT2D eigenvalue weighted by atomic mass is 16.3. The fraction of sp³-hybridized carbons (Fsp3) is 0.250. The SMILES string of the molecule is Cc1c(C)c(O)n(N)c(=O)c1C#N. The van der Waals surface area contributed by atoms with Crippen molar-refractivity contribution >= 4 is 0 Å². The Morgan fingerprint density at radius 3 is 2.46 bits per heavy atom. The number of pyridine rings is 1. The molecule has 0 bridgehead atoms. The third kappa shape index (κ3) is 1.12. The van der Waals surface area contributed by atoms with Gasteiger partial charge in [-0.05, 0) is 19.4 Å². The van der Waals surface area contributed by atoms with Gasteiger partial charge in [0.05, 0.1) is 0 Å². The highest BCUT2D eigenvalue weighted by Crippen LogP contribution is 2.17. The summed E-state index contributed by atoms with van der Waals surface area (Å²) < 4.78 is 0.570. The topological polar surface area (TPSA) is 92.0 Å². The van der Waals surface area contributed by atoms with Crippen molar-refractivity contribution in [1.29, 1.82) is 5.26 Å². The third-order valence-corrected chi connectivity index (χ3v) is 2.05. The highest BCUT2D eigenvalue weighted by Gasteiger charge is 2.13. The molecule has 5 heteroatoms. The molecule has 1 aromatic heterocycles. The second kappa shape index (κ2) is 2.83. The van der Waals surface area contributed by atoms with Gasteiger partial charge in [0, 0.05) is 5.56 Å². The molecule has 0 spiro atoms. The van der Waals surface area contributed by atoms with E-state index >= 15 is 0 Å². The molecular weight excluding hydrogens is 170 g/mol. The Balaban J connectivity index is 3.80. The van der Waals surface area contributed by atoms with Gasteiger partial charge in [-0.15, -0.1) is 0 Å². The number of nitrogens with zero attached hydrogens (tertiary/aromatic N) is 2. The molecule has 5 nitrogen and oxygen atoms in total. The Hall–Kier alpha value is -1.96. The minimum absolute atomic E-state index is 0.0298. The van der Waals surface area contributed by atoms with Crippen molar-refractivity contribution in [2.24, 2.45) is 0 Å². The lowest BCUT2D eigenvalue weighted by atomic mass is 10.1. The van der Waals surface area contributed by atoms with Crippen LogP contribution in [0.3, 0.4) is 0 Å². The molecule has 1 heterocycles. The van der Waals surface area contributed by atoms with Crippen molar-refractivity contribution < 1.29 is 5.11 Å². The van der Waals surface area contributed by atoms with E-state index < -0.39 is 5.56 Å². The minimum atomic E-state index is -0.678. The van der Waals surface area contributed by atoms with Crippen LogP contribution in [0.15, 0.2) is 4.79 Å². The largest absolute Gasteiger partial charge is 0.493 e. The summed E-state index contributed by atoms with van der Waals surface area (Å²) in [6.45, 7) is 3.18. The van der Waals surface area contributed by atoms with E-state index in [1.165, 1.54) is 0 Å². The van der Waals surface area contributed by atoms with E-state index in [0.717, 1.165) is 0 Å². The van der Waals surface area contributed by atoms with Gasteiger partial charge in [-0.25, -0.2) is 0 Å². The molecule has 68 valence electrons. The predicted molar refractivity (Wildman–Crippen MR) is 46.7 cm³/mol. The fourth-order valence-electron chi connectivity index (χ4n) is 1.04. The summed E-state index contributed by atoms with van der Waals surface area (Å²) in [5, 5.41) is 18.0. The summed E-state index contributed by atoms with van der Waals surface area (Å²) in [5.41, 5.74) is 0.200. The predicted octanol–water partition coefficient (Wildman–Crippen LogP) is -0.244. The maximum absolute atomic E-state index is 11.2. The van der Waals surface area contributed by atoms with Gasteiger partial charge in [-0.2, -0.15) is 9.94 Å². The number of nitriles is 1. The first-order valence-electron chi connectivity index (χ1n) is 3.61. The smallest absolute Gasteiger partial charge is 0.289 e. The lowest BCUT2D eigenvalue weighted by Crippen LogP contribution is -2.30. The number of aromatic hydroxyl groups is 1. The van der Waals surface area contributed by atoms with Gasteiger partial charge >= 0.3 is 0 Å². The minimum Gasteiger partial charge on any atom is -0.493 e. The van der Waals surface area contributed by atoms with Crippen LogP contribution < -0.4 is 11.4 Å². The van der Waals surface area contributed by atoms with Crippen molar-refractivity contribution in [1.82, 2.24) is 4.68 Å². The molecule has 0 saturated heterocycles. The Kier molecular flexibility index (Phi) is 1.98. The van der Waals surface area contributed by atoms with Crippen LogP contribution in [0.4, 0.5) is 0 Å². The molecule has 0 saturated carbocycles.